The lowest BCUT2D eigenvalue weighted by molar-refractivity contribution is -0.138. The summed E-state index contributed by atoms with van der Waals surface area (Å²) in [6.07, 6.45) is 2.66. The van der Waals surface area contributed by atoms with Crippen LogP contribution in [0.3, 0.4) is 0 Å². The first kappa shape index (κ1) is 14.4. The van der Waals surface area contributed by atoms with Gasteiger partial charge in [0.05, 0.1) is 5.25 Å². The molecule has 2 heterocycles. The van der Waals surface area contributed by atoms with Crippen LogP contribution in [0.25, 0.3) is 0 Å². The molecule has 1 N–H and O–H groups in total. The first-order valence-electron chi connectivity index (χ1n) is 7.38. The van der Waals surface area contributed by atoms with Crippen LogP contribution in [-0.4, -0.2) is 40.2 Å². The smallest absolute Gasteiger partial charge is 0.303 e. The maximum absolute atomic E-state index is 12.6. The Kier molecular flexibility index (Phi) is 4.19. The van der Waals surface area contributed by atoms with Crippen LogP contribution in [0.4, 0.5) is 0 Å². The van der Waals surface area contributed by atoms with Crippen molar-refractivity contribution in [2.75, 3.05) is 13.1 Å². The average molecular weight is 305 g/mol. The molecule has 4 nitrogen and oxygen atoms in total. The molecule has 1 aromatic rings. The number of amides is 1. The third kappa shape index (κ3) is 3.23. The number of benzene rings is 1. The van der Waals surface area contributed by atoms with Crippen LogP contribution in [0.2, 0.25) is 0 Å². The van der Waals surface area contributed by atoms with Gasteiger partial charge in [0.25, 0.3) is 0 Å². The third-order valence-corrected chi connectivity index (χ3v) is 5.62. The van der Waals surface area contributed by atoms with Gasteiger partial charge < -0.3 is 10.0 Å². The minimum absolute atomic E-state index is 0.00146. The molecule has 112 valence electrons. The number of thioether (sulfide) groups is 1. The number of fused-ring (bicyclic) bond motifs is 1. The minimum Gasteiger partial charge on any atom is -0.481 e. The third-order valence-electron chi connectivity index (χ3n) is 4.31. The number of rotatable bonds is 3. The van der Waals surface area contributed by atoms with E-state index in [2.05, 4.69) is 12.1 Å². The summed E-state index contributed by atoms with van der Waals surface area (Å²) in [7, 11) is 0. The summed E-state index contributed by atoms with van der Waals surface area (Å²) in [5.41, 5.74) is 1.27. The zero-order valence-electron chi connectivity index (χ0n) is 11.8. The number of hydrogen-bond acceptors (Lipinski definition) is 3. The molecule has 0 saturated carbocycles. The van der Waals surface area contributed by atoms with Crippen molar-refractivity contribution in [3.63, 3.8) is 0 Å². The fraction of sp³-hybridized carbons (Fsp3) is 0.500. The fourth-order valence-corrected chi connectivity index (χ4v) is 4.41. The second kappa shape index (κ2) is 6.10. The molecule has 3 rings (SSSR count). The number of carboxylic acids is 1. The summed E-state index contributed by atoms with van der Waals surface area (Å²) < 4.78 is 0. The predicted octanol–water partition coefficient (Wildman–Crippen LogP) is 2.42. The highest BCUT2D eigenvalue weighted by atomic mass is 32.2. The quantitative estimate of drug-likeness (QED) is 0.932. The Balaban J connectivity index is 1.55. The number of carbonyl (C=O) groups excluding carboxylic acids is 1. The van der Waals surface area contributed by atoms with Gasteiger partial charge in [-0.3, -0.25) is 9.59 Å². The Morgan fingerprint density at radius 2 is 1.95 bits per heavy atom. The van der Waals surface area contributed by atoms with Gasteiger partial charge >= 0.3 is 5.97 Å². The molecule has 5 heteroatoms. The van der Waals surface area contributed by atoms with Crippen LogP contribution in [0.1, 0.15) is 24.8 Å². The van der Waals surface area contributed by atoms with E-state index in [-0.39, 0.29) is 23.5 Å². The van der Waals surface area contributed by atoms with Crippen LogP contribution in [0.15, 0.2) is 29.2 Å². The predicted molar refractivity (Wildman–Crippen MR) is 81.3 cm³/mol. The van der Waals surface area contributed by atoms with Gasteiger partial charge in [0, 0.05) is 24.4 Å². The molecule has 0 radical (unpaired) electrons. The zero-order valence-corrected chi connectivity index (χ0v) is 12.6. The van der Waals surface area contributed by atoms with Crippen LogP contribution >= 0.6 is 11.8 Å². The van der Waals surface area contributed by atoms with Crippen LogP contribution in [0.5, 0.6) is 0 Å². The Morgan fingerprint density at radius 1 is 1.24 bits per heavy atom. The molecule has 2 aliphatic rings. The Morgan fingerprint density at radius 3 is 2.62 bits per heavy atom. The number of carboxylic acid groups (broad SMARTS) is 1. The van der Waals surface area contributed by atoms with E-state index >= 15 is 0 Å². The molecule has 1 amide bonds. The summed E-state index contributed by atoms with van der Waals surface area (Å²) in [4.78, 5) is 26.5. The average Bonchev–Trinajstić information content (AvgIpc) is 2.90. The first-order valence-corrected chi connectivity index (χ1v) is 8.26. The monoisotopic (exact) mass is 305 g/mol. The second-order valence-electron chi connectivity index (χ2n) is 5.78. The largest absolute Gasteiger partial charge is 0.481 e. The van der Waals surface area contributed by atoms with Crippen molar-refractivity contribution in [1.29, 1.82) is 0 Å². The molecule has 0 aromatic heterocycles. The lowest BCUT2D eigenvalue weighted by Crippen LogP contribution is -2.43. The van der Waals surface area contributed by atoms with Gasteiger partial charge in [0.15, 0.2) is 0 Å². The maximum Gasteiger partial charge on any atom is 0.303 e. The zero-order chi connectivity index (χ0) is 14.8. The number of carbonyl (C=O) groups is 2. The minimum atomic E-state index is -0.735. The van der Waals surface area contributed by atoms with E-state index in [9.17, 15) is 9.59 Å². The molecule has 1 atom stereocenters. The van der Waals surface area contributed by atoms with Gasteiger partial charge in [-0.15, -0.1) is 11.8 Å². The number of hydrogen-bond donors (Lipinski definition) is 1. The summed E-state index contributed by atoms with van der Waals surface area (Å²) in [6, 6.07) is 8.20. The molecule has 1 saturated heterocycles. The van der Waals surface area contributed by atoms with E-state index in [1.165, 1.54) is 10.5 Å². The van der Waals surface area contributed by atoms with Crippen LogP contribution in [-0.2, 0) is 16.0 Å². The molecule has 0 spiro atoms. The van der Waals surface area contributed by atoms with Crippen molar-refractivity contribution in [3.8, 4) is 0 Å². The van der Waals surface area contributed by atoms with Gasteiger partial charge in [0.2, 0.25) is 5.91 Å². The van der Waals surface area contributed by atoms with Gasteiger partial charge in [-0.1, -0.05) is 18.2 Å². The van der Waals surface area contributed by atoms with Crippen molar-refractivity contribution in [3.05, 3.63) is 29.8 Å². The Bertz CT molecular complexity index is 527. The molecule has 2 aliphatic heterocycles. The standard InChI is InChI=1S/C16H19NO3S/c18-15(19)9-11-5-7-17(8-6-11)16(20)14-10-12-3-1-2-4-13(12)21-14/h1-4,11,14H,5-10H2,(H,18,19). The van der Waals surface area contributed by atoms with Gasteiger partial charge in [-0.05, 0) is 36.8 Å². The van der Waals surface area contributed by atoms with E-state index in [0.29, 0.717) is 13.1 Å². The molecule has 21 heavy (non-hydrogen) atoms. The number of piperidine rings is 1. The Labute approximate surface area is 128 Å². The topological polar surface area (TPSA) is 57.6 Å². The highest BCUT2D eigenvalue weighted by molar-refractivity contribution is 8.01. The lowest BCUT2D eigenvalue weighted by atomic mass is 9.93. The number of aliphatic carboxylic acids is 1. The molecule has 1 aromatic carbocycles. The van der Waals surface area contributed by atoms with E-state index in [0.717, 1.165) is 19.3 Å². The van der Waals surface area contributed by atoms with E-state index < -0.39 is 5.97 Å². The SMILES string of the molecule is O=C(O)CC1CCN(C(=O)C2Cc3ccccc3S2)CC1. The summed E-state index contributed by atoms with van der Waals surface area (Å²) >= 11 is 1.66. The fourth-order valence-electron chi connectivity index (χ4n) is 3.13. The summed E-state index contributed by atoms with van der Waals surface area (Å²) in [6.45, 7) is 1.40. The number of nitrogens with zero attached hydrogens (tertiary/aromatic N) is 1. The molecular formula is C16H19NO3S. The highest BCUT2D eigenvalue weighted by Crippen LogP contribution is 2.38. The van der Waals surface area contributed by atoms with Crippen molar-refractivity contribution in [1.82, 2.24) is 4.90 Å². The van der Waals surface area contributed by atoms with E-state index in [4.69, 9.17) is 5.11 Å². The summed E-state index contributed by atoms with van der Waals surface area (Å²) in [5, 5.41) is 8.83. The lowest BCUT2D eigenvalue weighted by Gasteiger charge is -2.32. The summed E-state index contributed by atoms with van der Waals surface area (Å²) in [5.74, 6) is -0.300. The van der Waals surface area contributed by atoms with Crippen molar-refractivity contribution in [2.45, 2.75) is 35.8 Å². The maximum atomic E-state index is 12.6. The molecular weight excluding hydrogens is 286 g/mol. The van der Waals surface area contributed by atoms with E-state index in [1.54, 1.807) is 11.8 Å². The number of likely N-dealkylation sites (tertiary alicyclic amines) is 1. The second-order valence-corrected chi connectivity index (χ2v) is 7.03. The van der Waals surface area contributed by atoms with Crippen LogP contribution in [0, 0.1) is 5.92 Å². The van der Waals surface area contributed by atoms with E-state index in [1.807, 2.05) is 17.0 Å². The van der Waals surface area contributed by atoms with Crippen molar-refractivity contribution in [2.24, 2.45) is 5.92 Å². The van der Waals surface area contributed by atoms with Gasteiger partial charge in [-0.2, -0.15) is 0 Å². The molecule has 0 bridgehead atoms. The first-order chi connectivity index (χ1) is 10.1. The van der Waals surface area contributed by atoms with Gasteiger partial charge in [-0.25, -0.2) is 0 Å². The molecule has 1 unspecified atom stereocenters. The highest BCUT2D eigenvalue weighted by Gasteiger charge is 2.33. The van der Waals surface area contributed by atoms with Crippen molar-refractivity contribution >= 4 is 23.6 Å². The van der Waals surface area contributed by atoms with Gasteiger partial charge in [0.1, 0.15) is 0 Å². The normalized spacial score (nSPS) is 22.1. The molecule has 0 aliphatic carbocycles. The molecule has 1 fully saturated rings. The van der Waals surface area contributed by atoms with Crippen molar-refractivity contribution < 1.29 is 14.7 Å². The van der Waals surface area contributed by atoms with Crippen LogP contribution < -0.4 is 0 Å². The Hall–Kier alpha value is -1.49.